The smallest absolute Gasteiger partial charge is 0.251 e. The molecule has 0 saturated heterocycles. The largest absolute Gasteiger partial charge is 0.368 e. The van der Waals surface area contributed by atoms with Crippen molar-refractivity contribution < 1.29 is 4.79 Å². The second-order valence-electron chi connectivity index (χ2n) is 6.09. The summed E-state index contributed by atoms with van der Waals surface area (Å²) in [6.07, 6.45) is 6.52. The van der Waals surface area contributed by atoms with Gasteiger partial charge in [0.25, 0.3) is 5.91 Å². The van der Waals surface area contributed by atoms with Crippen LogP contribution in [0.3, 0.4) is 0 Å². The summed E-state index contributed by atoms with van der Waals surface area (Å²) in [5, 5.41) is 17.1. The van der Waals surface area contributed by atoms with Crippen molar-refractivity contribution in [3.05, 3.63) is 66.8 Å². The monoisotopic (exact) mass is 390 g/mol. The van der Waals surface area contributed by atoms with Crippen LogP contribution in [0.15, 0.2) is 55.4 Å². The standard InChI is InChI=1S/C18H18N10O/c1-13-19-7-8-27(13)17-10-16(22-11-23-17)20-5-6-21-18(29)14-3-2-4-15(9-14)28-12-24-25-26-28/h2-4,7-12H,5-6H2,1H3,(H,21,29)(H,20,22,23). The molecule has 0 aliphatic heterocycles. The van der Waals surface area contributed by atoms with Gasteiger partial charge in [-0.15, -0.1) is 5.10 Å². The molecule has 0 spiro atoms. The lowest BCUT2D eigenvalue weighted by atomic mass is 10.2. The van der Waals surface area contributed by atoms with E-state index in [2.05, 4.69) is 41.1 Å². The molecule has 0 aliphatic rings. The maximum absolute atomic E-state index is 12.4. The Morgan fingerprint density at radius 2 is 2.07 bits per heavy atom. The first-order valence-corrected chi connectivity index (χ1v) is 8.88. The molecule has 0 radical (unpaired) electrons. The molecule has 11 nitrogen and oxygen atoms in total. The van der Waals surface area contributed by atoms with Crippen molar-refractivity contribution in [2.45, 2.75) is 6.92 Å². The minimum absolute atomic E-state index is 0.181. The van der Waals surface area contributed by atoms with Crippen LogP contribution in [0.2, 0.25) is 0 Å². The summed E-state index contributed by atoms with van der Waals surface area (Å²) < 4.78 is 3.36. The van der Waals surface area contributed by atoms with Crippen molar-refractivity contribution >= 4 is 11.7 Å². The summed E-state index contributed by atoms with van der Waals surface area (Å²) in [7, 11) is 0. The summed E-state index contributed by atoms with van der Waals surface area (Å²) in [4.78, 5) is 25.0. The highest BCUT2D eigenvalue weighted by Gasteiger charge is 2.08. The van der Waals surface area contributed by atoms with E-state index >= 15 is 0 Å². The summed E-state index contributed by atoms with van der Waals surface area (Å²) in [6, 6.07) is 8.89. The SMILES string of the molecule is Cc1nccn1-c1cc(NCCNC(=O)c2cccc(-n3cnnn3)c2)ncn1. The van der Waals surface area contributed by atoms with Crippen LogP contribution in [0.4, 0.5) is 5.82 Å². The fourth-order valence-electron chi connectivity index (χ4n) is 2.73. The van der Waals surface area contributed by atoms with E-state index in [9.17, 15) is 4.79 Å². The van der Waals surface area contributed by atoms with Gasteiger partial charge in [0, 0.05) is 37.1 Å². The van der Waals surface area contributed by atoms with Gasteiger partial charge in [-0.3, -0.25) is 9.36 Å². The van der Waals surface area contributed by atoms with Crippen LogP contribution < -0.4 is 10.6 Å². The number of benzene rings is 1. The number of rotatable bonds is 7. The molecule has 0 saturated carbocycles. The van der Waals surface area contributed by atoms with Gasteiger partial charge in [0.1, 0.15) is 30.1 Å². The first kappa shape index (κ1) is 18.2. The number of hydrogen-bond acceptors (Lipinski definition) is 8. The zero-order chi connectivity index (χ0) is 20.1. The highest BCUT2D eigenvalue weighted by Crippen LogP contribution is 2.11. The number of carbonyl (C=O) groups excluding carboxylic acids is 1. The van der Waals surface area contributed by atoms with Crippen LogP contribution in [0.1, 0.15) is 16.2 Å². The van der Waals surface area contributed by atoms with Crippen LogP contribution in [0.5, 0.6) is 0 Å². The number of aryl methyl sites for hydroxylation is 1. The molecule has 0 aliphatic carbocycles. The molecule has 1 amide bonds. The predicted octanol–water partition coefficient (Wildman–Crippen LogP) is 0.788. The second kappa shape index (κ2) is 8.25. The van der Waals surface area contributed by atoms with Gasteiger partial charge in [-0.05, 0) is 35.5 Å². The molecule has 29 heavy (non-hydrogen) atoms. The van der Waals surface area contributed by atoms with E-state index in [1.807, 2.05) is 29.8 Å². The maximum atomic E-state index is 12.4. The van der Waals surface area contributed by atoms with E-state index in [0.717, 1.165) is 11.6 Å². The molecular formula is C18H18N10O. The number of imidazole rings is 1. The predicted molar refractivity (Wildman–Crippen MR) is 104 cm³/mol. The fraction of sp³-hybridized carbons (Fsp3) is 0.167. The molecule has 0 atom stereocenters. The number of aromatic nitrogens is 8. The van der Waals surface area contributed by atoms with E-state index in [4.69, 9.17) is 0 Å². The molecule has 11 heteroatoms. The van der Waals surface area contributed by atoms with Gasteiger partial charge in [-0.25, -0.2) is 19.6 Å². The van der Waals surface area contributed by atoms with E-state index in [-0.39, 0.29) is 5.91 Å². The van der Waals surface area contributed by atoms with E-state index < -0.39 is 0 Å². The maximum Gasteiger partial charge on any atom is 0.251 e. The van der Waals surface area contributed by atoms with Crippen molar-refractivity contribution in [3.8, 4) is 11.5 Å². The number of nitrogens with one attached hydrogen (secondary N) is 2. The second-order valence-corrected chi connectivity index (χ2v) is 6.09. The summed E-state index contributed by atoms with van der Waals surface area (Å²) in [5.41, 5.74) is 1.24. The average Bonchev–Trinajstić information content (AvgIpc) is 3.43. The van der Waals surface area contributed by atoms with Gasteiger partial charge in [0.05, 0.1) is 5.69 Å². The van der Waals surface area contributed by atoms with Gasteiger partial charge >= 0.3 is 0 Å². The summed E-state index contributed by atoms with van der Waals surface area (Å²) in [6.45, 7) is 2.84. The Hall–Kier alpha value is -4.15. The van der Waals surface area contributed by atoms with Crippen molar-refractivity contribution in [2.24, 2.45) is 0 Å². The lowest BCUT2D eigenvalue weighted by Crippen LogP contribution is -2.29. The van der Waals surface area contributed by atoms with Crippen molar-refractivity contribution in [3.63, 3.8) is 0 Å². The van der Waals surface area contributed by atoms with Crippen LogP contribution in [-0.4, -0.2) is 58.7 Å². The highest BCUT2D eigenvalue weighted by molar-refractivity contribution is 5.94. The molecule has 2 N–H and O–H groups in total. The first-order chi connectivity index (χ1) is 14.2. The molecule has 4 aromatic rings. The van der Waals surface area contributed by atoms with Crippen LogP contribution in [0.25, 0.3) is 11.5 Å². The minimum Gasteiger partial charge on any atom is -0.368 e. The quantitative estimate of drug-likeness (QED) is 0.443. The molecule has 4 rings (SSSR count). The van der Waals surface area contributed by atoms with Gasteiger partial charge in [-0.2, -0.15) is 0 Å². The Kier molecular flexibility index (Phi) is 5.18. The van der Waals surface area contributed by atoms with Gasteiger partial charge in [0.15, 0.2) is 0 Å². The number of amides is 1. The molecule has 146 valence electrons. The zero-order valence-electron chi connectivity index (χ0n) is 15.6. The van der Waals surface area contributed by atoms with Crippen LogP contribution in [0, 0.1) is 6.92 Å². The normalized spacial score (nSPS) is 10.7. The number of anilines is 1. The number of tetrazole rings is 1. The Morgan fingerprint density at radius 1 is 1.14 bits per heavy atom. The number of carbonyl (C=O) groups is 1. The zero-order valence-corrected chi connectivity index (χ0v) is 15.6. The molecule has 1 aromatic carbocycles. The Morgan fingerprint density at radius 3 is 2.86 bits per heavy atom. The van der Waals surface area contributed by atoms with Crippen molar-refractivity contribution in [1.82, 2.24) is 45.0 Å². The lowest BCUT2D eigenvalue weighted by Gasteiger charge is -2.09. The van der Waals surface area contributed by atoms with Gasteiger partial charge in [0.2, 0.25) is 0 Å². The fourth-order valence-corrected chi connectivity index (χ4v) is 2.73. The van der Waals surface area contributed by atoms with Gasteiger partial charge < -0.3 is 10.6 Å². The average molecular weight is 390 g/mol. The molecule has 0 bridgehead atoms. The van der Waals surface area contributed by atoms with E-state index in [1.54, 1.807) is 24.4 Å². The van der Waals surface area contributed by atoms with Crippen molar-refractivity contribution in [1.29, 1.82) is 0 Å². The van der Waals surface area contributed by atoms with E-state index in [0.29, 0.717) is 30.2 Å². The molecule has 0 fully saturated rings. The number of hydrogen-bond donors (Lipinski definition) is 2. The summed E-state index contributed by atoms with van der Waals surface area (Å²) in [5.74, 6) is 2.05. The third kappa shape index (κ3) is 4.24. The number of nitrogens with zero attached hydrogens (tertiary/aromatic N) is 8. The van der Waals surface area contributed by atoms with Crippen LogP contribution >= 0.6 is 0 Å². The Balaban J connectivity index is 1.31. The third-order valence-corrected chi connectivity index (χ3v) is 4.16. The first-order valence-electron chi connectivity index (χ1n) is 8.88. The lowest BCUT2D eigenvalue weighted by molar-refractivity contribution is 0.0955. The Bertz CT molecular complexity index is 1110. The Labute approximate surface area is 165 Å². The summed E-state index contributed by atoms with van der Waals surface area (Å²) >= 11 is 0. The molecule has 3 heterocycles. The highest BCUT2D eigenvalue weighted by atomic mass is 16.1. The van der Waals surface area contributed by atoms with Crippen LogP contribution in [-0.2, 0) is 0 Å². The molecular weight excluding hydrogens is 372 g/mol. The molecule has 3 aromatic heterocycles. The van der Waals surface area contributed by atoms with Gasteiger partial charge in [-0.1, -0.05) is 6.07 Å². The molecule has 0 unspecified atom stereocenters. The topological polar surface area (TPSA) is 128 Å². The third-order valence-electron chi connectivity index (χ3n) is 4.16. The van der Waals surface area contributed by atoms with E-state index in [1.165, 1.54) is 17.3 Å². The minimum atomic E-state index is -0.181. The van der Waals surface area contributed by atoms with Crippen molar-refractivity contribution in [2.75, 3.05) is 18.4 Å².